The Bertz CT molecular complexity index is 3720. The van der Waals surface area contributed by atoms with Crippen LogP contribution in [0.25, 0.3) is 10.8 Å². The highest BCUT2D eigenvalue weighted by Crippen LogP contribution is 2.47. The first-order valence-electron chi connectivity index (χ1n) is 32.4. The molecule has 5 aromatic carbocycles. The van der Waals surface area contributed by atoms with E-state index in [1.165, 1.54) is 7.11 Å². The van der Waals surface area contributed by atoms with Crippen LogP contribution in [0.3, 0.4) is 0 Å². The van der Waals surface area contributed by atoms with E-state index in [2.05, 4.69) is 83.1 Å². The number of hydrogen-bond donors (Lipinski definition) is 12. The van der Waals surface area contributed by atoms with Crippen molar-refractivity contribution in [2.45, 2.75) is 134 Å². The van der Waals surface area contributed by atoms with Crippen LogP contribution in [0.2, 0.25) is 0 Å². The number of nitrogens with one attached hydrogen (secondary N) is 4. The fraction of sp³-hybridized carbons (Fsp3) is 0.440. The summed E-state index contributed by atoms with van der Waals surface area (Å²) in [6, 6.07) is 28.5. The normalized spacial score (nSPS) is 27.8. The number of phenolic OH excluding ortho intramolecular Hbond substituents is 2. The molecule has 11 rings (SSSR count). The number of aliphatic hydroxyl groups is 5. The van der Waals surface area contributed by atoms with Crippen molar-refractivity contribution < 1.29 is 55.2 Å². The maximum Gasteiger partial charge on any atom is 0.173 e. The summed E-state index contributed by atoms with van der Waals surface area (Å²) < 4.78 is 5.66. The number of β-amino-alcohol motifs (C(OH)–C–C–N with tert-alkyl or cyclic N) is 1. The second kappa shape index (κ2) is 28.6. The van der Waals surface area contributed by atoms with Crippen LogP contribution < -0.4 is 20.7 Å². The number of Topliss-reactive ketones (excluding diaryl/α,β-unsaturated/α-hetero) is 2. The number of aromatic hydroxyl groups is 3. The van der Waals surface area contributed by atoms with Gasteiger partial charge in [0.2, 0.25) is 0 Å². The van der Waals surface area contributed by atoms with Gasteiger partial charge in [0, 0.05) is 91.8 Å². The Balaban J connectivity index is 1.01. The summed E-state index contributed by atoms with van der Waals surface area (Å²) >= 11 is 0. The van der Waals surface area contributed by atoms with Gasteiger partial charge in [-0.15, -0.1) is 0 Å². The number of methoxy groups -OCH3 is 1. The van der Waals surface area contributed by atoms with Crippen molar-refractivity contribution in [3.8, 4) is 34.8 Å². The maximum atomic E-state index is 15.4. The molecule has 15 nitrogen and oxygen atoms in total. The molecule has 1 fully saturated rings. The molecule has 13 atom stereocenters. The monoisotopic (exact) mass is 1220 g/mol. The number of carbonyl (C=O) groups is 2. The van der Waals surface area contributed by atoms with Gasteiger partial charge >= 0.3 is 0 Å². The minimum Gasteiger partial charge on any atom is -0.508 e. The van der Waals surface area contributed by atoms with Crippen LogP contribution in [0, 0.1) is 53.3 Å². The number of carbonyl (C=O) groups excluding carboxylic acids is 2. The van der Waals surface area contributed by atoms with E-state index in [9.17, 15) is 45.6 Å². The summed E-state index contributed by atoms with van der Waals surface area (Å²) in [5, 5.41) is 103. The Labute approximate surface area is 528 Å². The lowest BCUT2D eigenvalue weighted by Crippen LogP contribution is -2.40. The standard InChI is InChI=1S/C75H88N4O11/c1-4-8-60-53-27-45(25-44-23-24-77-72(28-44)79-56-20-17-46-13-16-52(73(87)65(46)35-56)32-58(82)40-76-38-43(2)54-31-57(78-39-54)36-69(60)85)26-49-18-21-62(63-37-70(86)71(90-3)34-51(63)19-22-68(84)75(89)74(88)64(49)33-53)61-11-6-5-10-59(61)50-15-14-47(55(30-50)41-80)29-48-9-7-12-67(83)66(48)42-81/h5-7,9-17,20,23,28,31,34-35,37,39,43,45,47,49-50,53,55,58,60,62,64,69,75-83,85-87,89H,4,8,19,22,24-27,29-30,32-33,36,38,40-42H2,1-3H3. The van der Waals surface area contributed by atoms with E-state index in [1.807, 2.05) is 60.8 Å². The second-order valence-electron chi connectivity index (χ2n) is 26.2. The van der Waals surface area contributed by atoms with E-state index in [4.69, 9.17) is 4.74 Å². The Morgan fingerprint density at radius 1 is 0.778 bits per heavy atom. The predicted octanol–water partition coefficient (Wildman–Crippen LogP) is 10.0. The number of phenols is 3. The van der Waals surface area contributed by atoms with Crippen molar-refractivity contribution in [2.75, 3.05) is 38.7 Å². The van der Waals surface area contributed by atoms with Gasteiger partial charge in [0.1, 0.15) is 17.3 Å². The van der Waals surface area contributed by atoms with Gasteiger partial charge in [0.15, 0.2) is 29.2 Å². The Morgan fingerprint density at radius 3 is 2.40 bits per heavy atom. The van der Waals surface area contributed by atoms with Gasteiger partial charge in [-0.25, -0.2) is 0 Å². The number of aryl methyl sites for hydroxylation is 1. The number of fused-ring (bicyclic) bond motifs is 9. The number of aromatic nitrogens is 1. The van der Waals surface area contributed by atoms with Crippen LogP contribution in [0.1, 0.15) is 133 Å². The first-order valence-corrected chi connectivity index (χ1v) is 32.4. The first kappa shape index (κ1) is 63.9. The largest absolute Gasteiger partial charge is 0.508 e. The van der Waals surface area contributed by atoms with Gasteiger partial charge < -0.3 is 66.5 Å². The number of benzene rings is 5. The van der Waals surface area contributed by atoms with Crippen molar-refractivity contribution in [2.24, 2.45) is 41.4 Å². The number of aliphatic hydroxyl groups excluding tert-OH is 5. The molecule has 12 N–H and O–H groups in total. The van der Waals surface area contributed by atoms with Gasteiger partial charge in [-0.05, 0) is 179 Å². The quantitative estimate of drug-likeness (QED) is 0.0366. The lowest BCUT2D eigenvalue weighted by atomic mass is 9.72. The predicted molar refractivity (Wildman–Crippen MR) is 349 cm³/mol. The van der Waals surface area contributed by atoms with Crippen LogP contribution in [-0.4, -0.2) is 109 Å². The van der Waals surface area contributed by atoms with Crippen molar-refractivity contribution in [1.82, 2.24) is 15.6 Å². The Morgan fingerprint density at radius 2 is 1.60 bits per heavy atom. The molecule has 474 valence electrons. The zero-order chi connectivity index (χ0) is 63.2. The molecule has 1 aromatic heterocycles. The molecular formula is C75H88N4O11. The van der Waals surface area contributed by atoms with Crippen LogP contribution >= 0.6 is 0 Å². The maximum absolute atomic E-state index is 15.4. The molecule has 9 bridgehead atoms. The van der Waals surface area contributed by atoms with Crippen LogP contribution in [0.4, 0.5) is 5.69 Å². The highest BCUT2D eigenvalue weighted by Gasteiger charge is 2.44. The number of ether oxygens (including phenoxy) is 1. The fourth-order valence-corrected chi connectivity index (χ4v) is 15.3. The summed E-state index contributed by atoms with van der Waals surface area (Å²) in [4.78, 5) is 33.4. The van der Waals surface area contributed by atoms with Crippen molar-refractivity contribution in [3.63, 3.8) is 0 Å². The molecule has 0 radical (unpaired) electrons. The van der Waals surface area contributed by atoms with E-state index in [-0.39, 0.29) is 96.9 Å². The van der Waals surface area contributed by atoms with Gasteiger partial charge in [-0.3, -0.25) is 9.59 Å². The zero-order valence-corrected chi connectivity index (χ0v) is 51.9. The minimum absolute atomic E-state index is 0.0304. The zero-order valence-electron chi connectivity index (χ0n) is 51.9. The molecule has 15 heteroatoms. The van der Waals surface area contributed by atoms with E-state index < -0.39 is 47.6 Å². The van der Waals surface area contributed by atoms with Gasteiger partial charge in [0.05, 0.1) is 31.8 Å². The number of dihydropyridines is 1. The molecule has 0 spiro atoms. The topological polar surface area (TPSA) is 257 Å². The van der Waals surface area contributed by atoms with Crippen molar-refractivity contribution in [1.29, 1.82) is 0 Å². The van der Waals surface area contributed by atoms with Crippen molar-refractivity contribution in [3.05, 3.63) is 183 Å². The number of ketones is 2. The summed E-state index contributed by atoms with van der Waals surface area (Å²) in [5.74, 6) is 4.20. The molecular weight excluding hydrogens is 1130 g/mol. The number of H-pyrrole nitrogens is 1. The average Bonchev–Trinajstić information content (AvgIpc) is 0.973. The second-order valence-corrected chi connectivity index (χ2v) is 26.2. The minimum atomic E-state index is -1.91. The van der Waals surface area contributed by atoms with Gasteiger partial charge in [0.25, 0.3) is 0 Å². The molecule has 3 heterocycles. The third-order valence-corrected chi connectivity index (χ3v) is 20.2. The van der Waals surface area contributed by atoms with Gasteiger partial charge in [-0.1, -0.05) is 105 Å². The Kier molecular flexibility index (Phi) is 20.3. The molecule has 13 unspecified atom stereocenters. The van der Waals surface area contributed by atoms with Gasteiger partial charge in [-0.2, -0.15) is 0 Å². The highest BCUT2D eigenvalue weighted by molar-refractivity contribution is 6.06. The van der Waals surface area contributed by atoms with E-state index in [0.717, 1.165) is 56.8 Å². The SMILES string of the molecule is CCCC1C(O)Cc2cc(c[nH]2)C(C)CNCC(O)Cc2ccc3ccc(cc3c2O)NC2=CC(=CCN2)CC2CC3C#CC(c4ccccc4C4C=CC(Cc5cccc(O)c5CO)C(CO)C4)c4cc(O)c(OC)cc4CCC(=O)C(O)C(=O)C3CC1C2. The number of aromatic amines is 1. The highest BCUT2D eigenvalue weighted by atomic mass is 16.5. The molecule has 90 heavy (non-hydrogen) atoms. The van der Waals surface area contributed by atoms with Crippen LogP contribution in [-0.2, 0) is 41.9 Å². The lowest BCUT2D eigenvalue weighted by molar-refractivity contribution is -0.142. The summed E-state index contributed by atoms with van der Waals surface area (Å²) in [6.45, 7) is 5.26. The number of allylic oxidation sites excluding steroid dienone is 4. The molecule has 5 aliphatic rings. The third kappa shape index (κ3) is 14.2. The molecule has 2 aliphatic heterocycles. The molecule has 0 saturated heterocycles. The number of hydrogen-bond acceptors (Lipinski definition) is 14. The number of rotatable bonds is 9. The summed E-state index contributed by atoms with van der Waals surface area (Å²) in [7, 11) is 1.47. The molecule has 6 aromatic rings. The lowest BCUT2D eigenvalue weighted by Gasteiger charge is -2.34. The first-order chi connectivity index (χ1) is 43.6. The summed E-state index contributed by atoms with van der Waals surface area (Å²) in [6.07, 6.45) is 12.2. The smallest absolute Gasteiger partial charge is 0.173 e. The summed E-state index contributed by atoms with van der Waals surface area (Å²) in [5.41, 5.74) is 8.86. The molecule has 3 aliphatic carbocycles. The third-order valence-electron chi connectivity index (χ3n) is 20.2. The number of anilines is 1. The van der Waals surface area contributed by atoms with Crippen LogP contribution in [0.15, 0.2) is 133 Å². The van der Waals surface area contributed by atoms with Crippen molar-refractivity contribution >= 4 is 28.0 Å². The molecule has 1 saturated carbocycles. The molecule has 0 amide bonds. The fourth-order valence-electron chi connectivity index (χ4n) is 15.3. The Hall–Kier alpha value is -7.68. The van der Waals surface area contributed by atoms with E-state index >= 15 is 4.79 Å². The van der Waals surface area contributed by atoms with E-state index in [1.54, 1.807) is 24.3 Å². The van der Waals surface area contributed by atoms with E-state index in [0.29, 0.717) is 98.6 Å². The van der Waals surface area contributed by atoms with Crippen LogP contribution in [0.5, 0.6) is 23.0 Å². The average molecular weight is 1220 g/mol.